The molecule has 9 heteroatoms. The summed E-state index contributed by atoms with van der Waals surface area (Å²) in [6.07, 6.45) is 0.442. The number of halogens is 2. The standard InChI is InChI=1S/C10H10Cl2N2O4S/c11-10(12)5-7(10)6-19(17,18)13-8-1-3-9(4-2-8)14(15)16/h1-4,7,13H,5-6H2/t7-/m1/s1. The van der Waals surface area contributed by atoms with E-state index >= 15 is 0 Å². The highest BCUT2D eigenvalue weighted by molar-refractivity contribution is 7.92. The average Bonchev–Trinajstić information content (AvgIpc) is 2.84. The van der Waals surface area contributed by atoms with Crippen LogP contribution in [0.2, 0.25) is 0 Å². The van der Waals surface area contributed by atoms with Gasteiger partial charge in [-0.15, -0.1) is 23.2 Å². The largest absolute Gasteiger partial charge is 0.284 e. The summed E-state index contributed by atoms with van der Waals surface area (Å²) in [4.78, 5) is 9.90. The molecule has 0 aromatic heterocycles. The Hall–Kier alpha value is -1.05. The summed E-state index contributed by atoms with van der Waals surface area (Å²) in [5.41, 5.74) is 0.159. The van der Waals surface area contributed by atoms with Gasteiger partial charge in [0.1, 0.15) is 4.33 Å². The number of hydrogen-bond donors (Lipinski definition) is 1. The highest BCUT2D eigenvalue weighted by atomic mass is 35.5. The Morgan fingerprint density at radius 2 is 1.89 bits per heavy atom. The molecule has 1 aliphatic carbocycles. The predicted octanol–water partition coefficient (Wildman–Crippen LogP) is 2.53. The minimum absolute atomic E-state index is 0.106. The van der Waals surface area contributed by atoms with E-state index in [2.05, 4.69) is 4.72 Å². The molecule has 0 heterocycles. The number of rotatable bonds is 5. The summed E-state index contributed by atoms with van der Waals surface area (Å²) >= 11 is 11.5. The van der Waals surface area contributed by atoms with Crippen LogP contribution in [-0.2, 0) is 10.0 Å². The first-order valence-electron chi connectivity index (χ1n) is 5.32. The first-order chi connectivity index (χ1) is 8.70. The summed E-state index contributed by atoms with van der Waals surface area (Å²) in [6.45, 7) is 0. The second-order valence-electron chi connectivity index (χ2n) is 4.35. The van der Waals surface area contributed by atoms with Gasteiger partial charge in [-0.2, -0.15) is 0 Å². The second-order valence-corrected chi connectivity index (χ2v) is 7.66. The van der Waals surface area contributed by atoms with Crippen molar-refractivity contribution >= 4 is 44.6 Å². The summed E-state index contributed by atoms with van der Waals surface area (Å²) < 4.78 is 25.0. The Morgan fingerprint density at radius 3 is 2.32 bits per heavy atom. The zero-order valence-electron chi connectivity index (χ0n) is 9.55. The Labute approximate surface area is 119 Å². The number of non-ortho nitro benzene ring substituents is 1. The maximum Gasteiger partial charge on any atom is 0.269 e. The van der Waals surface area contributed by atoms with Gasteiger partial charge in [-0.1, -0.05) is 0 Å². The summed E-state index contributed by atoms with van der Waals surface area (Å²) in [6, 6.07) is 5.11. The van der Waals surface area contributed by atoms with Crippen molar-refractivity contribution in [3.8, 4) is 0 Å². The fraction of sp³-hybridized carbons (Fsp3) is 0.400. The maximum atomic E-state index is 11.8. The lowest BCUT2D eigenvalue weighted by Gasteiger charge is -2.07. The molecule has 1 aromatic carbocycles. The molecule has 2 rings (SSSR count). The van der Waals surface area contributed by atoms with Gasteiger partial charge in [-0.25, -0.2) is 8.42 Å². The van der Waals surface area contributed by atoms with Crippen LogP contribution >= 0.6 is 23.2 Å². The van der Waals surface area contributed by atoms with Gasteiger partial charge < -0.3 is 0 Å². The number of nitro benzene ring substituents is 1. The van der Waals surface area contributed by atoms with Crippen molar-refractivity contribution in [2.24, 2.45) is 5.92 Å². The van der Waals surface area contributed by atoms with Gasteiger partial charge in [0.05, 0.1) is 10.7 Å². The molecular formula is C10H10Cl2N2O4S. The van der Waals surface area contributed by atoms with Gasteiger partial charge >= 0.3 is 0 Å². The molecule has 0 radical (unpaired) electrons. The molecule has 6 nitrogen and oxygen atoms in total. The Morgan fingerprint density at radius 1 is 1.37 bits per heavy atom. The summed E-state index contributed by atoms with van der Waals surface area (Å²) in [5.74, 6) is -0.455. The first kappa shape index (κ1) is 14.4. The minimum atomic E-state index is -3.56. The van der Waals surface area contributed by atoms with Crippen molar-refractivity contribution in [3.05, 3.63) is 34.4 Å². The normalized spacial score (nSPS) is 20.8. The third kappa shape index (κ3) is 3.71. The van der Waals surface area contributed by atoms with E-state index in [1.165, 1.54) is 24.3 Å². The van der Waals surface area contributed by atoms with Crippen LogP contribution in [-0.4, -0.2) is 23.4 Å². The van der Waals surface area contributed by atoms with E-state index in [1.54, 1.807) is 0 Å². The van der Waals surface area contributed by atoms with E-state index in [9.17, 15) is 18.5 Å². The molecule has 1 aromatic rings. The highest BCUT2D eigenvalue weighted by Gasteiger charge is 2.53. The van der Waals surface area contributed by atoms with Crippen molar-refractivity contribution in [2.45, 2.75) is 10.8 Å². The molecule has 0 bridgehead atoms. The zero-order valence-corrected chi connectivity index (χ0v) is 11.9. The molecule has 0 unspecified atom stereocenters. The van der Waals surface area contributed by atoms with E-state index in [0.717, 1.165) is 0 Å². The van der Waals surface area contributed by atoms with E-state index in [4.69, 9.17) is 23.2 Å². The molecule has 1 atom stereocenters. The van der Waals surface area contributed by atoms with Crippen LogP contribution in [0.5, 0.6) is 0 Å². The van der Waals surface area contributed by atoms with Crippen LogP contribution < -0.4 is 4.72 Å². The lowest BCUT2D eigenvalue weighted by molar-refractivity contribution is -0.384. The fourth-order valence-corrected chi connectivity index (χ4v) is 3.81. The van der Waals surface area contributed by atoms with Gasteiger partial charge in [-0.05, 0) is 18.6 Å². The van der Waals surface area contributed by atoms with Crippen molar-refractivity contribution in [1.82, 2.24) is 0 Å². The van der Waals surface area contributed by atoms with Crippen LogP contribution in [0.3, 0.4) is 0 Å². The Balaban J connectivity index is 2.02. The average molecular weight is 325 g/mol. The van der Waals surface area contributed by atoms with Crippen molar-refractivity contribution in [1.29, 1.82) is 0 Å². The van der Waals surface area contributed by atoms with Crippen LogP contribution in [0.25, 0.3) is 0 Å². The quantitative estimate of drug-likeness (QED) is 0.512. The van der Waals surface area contributed by atoms with Crippen LogP contribution in [0.1, 0.15) is 6.42 Å². The van der Waals surface area contributed by atoms with E-state index in [1.807, 2.05) is 0 Å². The SMILES string of the molecule is O=[N+]([O-])c1ccc(NS(=O)(=O)C[C@H]2CC2(Cl)Cl)cc1. The lowest BCUT2D eigenvalue weighted by Crippen LogP contribution is -2.19. The van der Waals surface area contributed by atoms with E-state index < -0.39 is 19.3 Å². The van der Waals surface area contributed by atoms with Crippen molar-refractivity contribution < 1.29 is 13.3 Å². The number of alkyl halides is 2. The maximum absolute atomic E-state index is 11.8. The van der Waals surface area contributed by atoms with Gasteiger partial charge in [-0.3, -0.25) is 14.8 Å². The number of nitrogens with zero attached hydrogens (tertiary/aromatic N) is 1. The van der Waals surface area contributed by atoms with Crippen molar-refractivity contribution in [2.75, 3.05) is 10.5 Å². The number of benzene rings is 1. The number of nitrogens with one attached hydrogen (secondary N) is 1. The molecule has 1 aliphatic rings. The van der Waals surface area contributed by atoms with E-state index in [-0.39, 0.29) is 23.0 Å². The van der Waals surface area contributed by atoms with Crippen LogP contribution in [0.4, 0.5) is 11.4 Å². The zero-order chi connectivity index (χ0) is 14.3. The number of nitro groups is 1. The lowest BCUT2D eigenvalue weighted by atomic mass is 10.3. The van der Waals surface area contributed by atoms with Gasteiger partial charge in [0.25, 0.3) is 5.69 Å². The molecule has 0 spiro atoms. The molecule has 0 aliphatic heterocycles. The van der Waals surface area contributed by atoms with Gasteiger partial charge in [0.2, 0.25) is 10.0 Å². The molecule has 1 saturated carbocycles. The molecule has 1 N–H and O–H groups in total. The second kappa shape index (κ2) is 4.81. The fourth-order valence-electron chi connectivity index (χ4n) is 1.59. The third-order valence-electron chi connectivity index (χ3n) is 2.73. The highest BCUT2D eigenvalue weighted by Crippen LogP contribution is 2.53. The smallest absolute Gasteiger partial charge is 0.269 e. The number of sulfonamides is 1. The molecule has 1 fully saturated rings. The molecule has 0 amide bonds. The minimum Gasteiger partial charge on any atom is -0.284 e. The first-order valence-corrected chi connectivity index (χ1v) is 7.73. The Kier molecular flexibility index (Phi) is 3.63. The molecule has 0 saturated heterocycles. The predicted molar refractivity (Wildman–Crippen MR) is 73.0 cm³/mol. The molecule has 104 valence electrons. The van der Waals surface area contributed by atoms with Gasteiger partial charge in [0.15, 0.2) is 0 Å². The van der Waals surface area contributed by atoms with Gasteiger partial charge in [0, 0.05) is 23.7 Å². The van der Waals surface area contributed by atoms with E-state index in [0.29, 0.717) is 6.42 Å². The molecular weight excluding hydrogens is 315 g/mol. The van der Waals surface area contributed by atoms with Crippen molar-refractivity contribution in [3.63, 3.8) is 0 Å². The number of anilines is 1. The third-order valence-corrected chi connectivity index (χ3v) is 5.04. The number of hydrogen-bond acceptors (Lipinski definition) is 4. The monoisotopic (exact) mass is 324 g/mol. The summed E-state index contributed by atoms with van der Waals surface area (Å²) in [7, 11) is -3.56. The topological polar surface area (TPSA) is 89.3 Å². The molecule has 19 heavy (non-hydrogen) atoms. The Bertz CT molecular complexity index is 600. The van der Waals surface area contributed by atoms with Crippen LogP contribution in [0, 0.1) is 16.0 Å². The summed E-state index contributed by atoms with van der Waals surface area (Å²) in [5, 5.41) is 10.5. The van der Waals surface area contributed by atoms with Crippen LogP contribution in [0.15, 0.2) is 24.3 Å².